The van der Waals surface area contributed by atoms with Crippen LogP contribution in [0.1, 0.15) is 24.1 Å². The Labute approximate surface area is 119 Å². The Bertz CT molecular complexity index is 495. The van der Waals surface area contributed by atoms with Gasteiger partial charge in [-0.3, -0.25) is 4.90 Å². The van der Waals surface area contributed by atoms with Gasteiger partial charge in [-0.25, -0.2) is 0 Å². The molecule has 2 atom stereocenters. The number of nitrogens with zero attached hydrogens (tertiary/aromatic N) is 1. The number of hydrogen-bond acceptors (Lipinski definition) is 3. The van der Waals surface area contributed by atoms with Crippen LogP contribution in [0.15, 0.2) is 47.2 Å². The van der Waals surface area contributed by atoms with Gasteiger partial charge in [-0.1, -0.05) is 30.3 Å². The molecule has 3 heteroatoms. The first kappa shape index (κ1) is 12.9. The minimum atomic E-state index is 0.484. The summed E-state index contributed by atoms with van der Waals surface area (Å²) in [5.74, 6) is 0. The van der Waals surface area contributed by atoms with E-state index in [0.717, 1.165) is 19.6 Å². The third-order valence-electron chi connectivity index (χ3n) is 3.76. The van der Waals surface area contributed by atoms with E-state index in [1.165, 1.54) is 11.1 Å². The Morgan fingerprint density at radius 1 is 1.26 bits per heavy atom. The average molecular weight is 272 g/mol. The van der Waals surface area contributed by atoms with E-state index in [-0.39, 0.29) is 0 Å². The van der Waals surface area contributed by atoms with Crippen molar-refractivity contribution < 1.29 is 0 Å². The molecule has 2 aromatic rings. The van der Waals surface area contributed by atoms with Crippen LogP contribution in [0.25, 0.3) is 0 Å². The lowest BCUT2D eigenvalue weighted by molar-refractivity contribution is 0.128. The largest absolute Gasteiger partial charge is 0.311 e. The predicted octanol–water partition coefficient (Wildman–Crippen LogP) is 3.28. The summed E-state index contributed by atoms with van der Waals surface area (Å²) in [6, 6.07) is 14.1. The molecular weight excluding hydrogens is 252 g/mol. The minimum absolute atomic E-state index is 0.484. The van der Waals surface area contributed by atoms with Gasteiger partial charge in [-0.15, -0.1) is 0 Å². The number of nitrogens with one attached hydrogen (secondary N) is 1. The van der Waals surface area contributed by atoms with Crippen molar-refractivity contribution in [1.29, 1.82) is 0 Å². The van der Waals surface area contributed by atoms with Gasteiger partial charge in [-0.05, 0) is 34.9 Å². The summed E-state index contributed by atoms with van der Waals surface area (Å²) in [5.41, 5.74) is 2.84. The van der Waals surface area contributed by atoms with Crippen molar-refractivity contribution in [3.05, 3.63) is 58.3 Å². The molecule has 2 heterocycles. The monoisotopic (exact) mass is 272 g/mol. The molecule has 1 fully saturated rings. The Hall–Kier alpha value is -1.16. The summed E-state index contributed by atoms with van der Waals surface area (Å²) in [6.45, 7) is 5.46. The fourth-order valence-corrected chi connectivity index (χ4v) is 3.44. The maximum Gasteiger partial charge on any atom is 0.0476 e. The molecule has 1 aromatic heterocycles. The lowest BCUT2D eigenvalue weighted by Crippen LogP contribution is -2.50. The Balaban J connectivity index is 1.80. The highest BCUT2D eigenvalue weighted by molar-refractivity contribution is 7.07. The highest BCUT2D eigenvalue weighted by atomic mass is 32.1. The molecule has 1 saturated heterocycles. The third-order valence-corrected chi connectivity index (χ3v) is 4.49. The smallest absolute Gasteiger partial charge is 0.0476 e. The topological polar surface area (TPSA) is 15.3 Å². The fourth-order valence-electron chi connectivity index (χ4n) is 2.78. The molecular formula is C16H20N2S. The number of piperazine rings is 1. The SMILES string of the molecule is CC1CN(Cc2ccsc2)C(c2ccccc2)CN1. The summed E-state index contributed by atoms with van der Waals surface area (Å²) in [7, 11) is 0. The fraction of sp³-hybridized carbons (Fsp3) is 0.375. The van der Waals surface area contributed by atoms with Crippen molar-refractivity contribution in [2.24, 2.45) is 0 Å². The van der Waals surface area contributed by atoms with Gasteiger partial charge in [0.1, 0.15) is 0 Å². The maximum absolute atomic E-state index is 3.60. The van der Waals surface area contributed by atoms with E-state index < -0.39 is 0 Å². The Morgan fingerprint density at radius 3 is 2.84 bits per heavy atom. The zero-order chi connectivity index (χ0) is 13.1. The molecule has 3 rings (SSSR count). The lowest BCUT2D eigenvalue weighted by atomic mass is 10.0. The van der Waals surface area contributed by atoms with Gasteiger partial charge in [0.15, 0.2) is 0 Å². The van der Waals surface area contributed by atoms with Crippen LogP contribution in [0.4, 0.5) is 0 Å². The number of hydrogen-bond donors (Lipinski definition) is 1. The third kappa shape index (κ3) is 3.06. The second-order valence-electron chi connectivity index (χ2n) is 5.30. The van der Waals surface area contributed by atoms with Crippen molar-refractivity contribution in [2.75, 3.05) is 13.1 Å². The van der Waals surface area contributed by atoms with Gasteiger partial charge < -0.3 is 5.32 Å². The maximum atomic E-state index is 3.60. The van der Waals surface area contributed by atoms with Crippen molar-refractivity contribution in [2.45, 2.75) is 25.6 Å². The summed E-state index contributed by atoms with van der Waals surface area (Å²) in [4.78, 5) is 2.60. The quantitative estimate of drug-likeness (QED) is 0.922. The van der Waals surface area contributed by atoms with E-state index in [1.54, 1.807) is 11.3 Å². The number of benzene rings is 1. The Morgan fingerprint density at radius 2 is 2.11 bits per heavy atom. The Kier molecular flexibility index (Phi) is 3.97. The van der Waals surface area contributed by atoms with E-state index in [0.29, 0.717) is 12.1 Å². The molecule has 0 saturated carbocycles. The van der Waals surface area contributed by atoms with Crippen molar-refractivity contribution in [3.8, 4) is 0 Å². The van der Waals surface area contributed by atoms with Crippen molar-refractivity contribution in [3.63, 3.8) is 0 Å². The molecule has 1 aliphatic rings. The molecule has 0 bridgehead atoms. The first-order valence-corrected chi connectivity index (χ1v) is 7.80. The van der Waals surface area contributed by atoms with Crippen LogP contribution in [-0.2, 0) is 6.54 Å². The molecule has 0 amide bonds. The van der Waals surface area contributed by atoms with Gasteiger partial charge in [-0.2, -0.15) is 11.3 Å². The molecule has 0 radical (unpaired) electrons. The lowest BCUT2D eigenvalue weighted by Gasteiger charge is -2.39. The van der Waals surface area contributed by atoms with E-state index >= 15 is 0 Å². The molecule has 100 valence electrons. The zero-order valence-electron chi connectivity index (χ0n) is 11.3. The molecule has 19 heavy (non-hydrogen) atoms. The van der Waals surface area contributed by atoms with Gasteiger partial charge in [0.25, 0.3) is 0 Å². The normalized spacial score (nSPS) is 24.5. The minimum Gasteiger partial charge on any atom is -0.311 e. The zero-order valence-corrected chi connectivity index (χ0v) is 12.1. The molecule has 1 aliphatic heterocycles. The molecule has 2 nitrogen and oxygen atoms in total. The molecule has 2 unspecified atom stereocenters. The van der Waals surface area contributed by atoms with Gasteiger partial charge >= 0.3 is 0 Å². The first-order valence-electron chi connectivity index (χ1n) is 6.86. The van der Waals surface area contributed by atoms with Gasteiger partial charge in [0, 0.05) is 31.7 Å². The van der Waals surface area contributed by atoms with Crippen molar-refractivity contribution >= 4 is 11.3 Å². The van der Waals surface area contributed by atoms with Crippen LogP contribution in [0.3, 0.4) is 0 Å². The van der Waals surface area contributed by atoms with Gasteiger partial charge in [0.2, 0.25) is 0 Å². The van der Waals surface area contributed by atoms with Crippen LogP contribution in [0, 0.1) is 0 Å². The van der Waals surface area contributed by atoms with Crippen LogP contribution in [-0.4, -0.2) is 24.0 Å². The second kappa shape index (κ2) is 5.87. The van der Waals surface area contributed by atoms with Crippen LogP contribution in [0.2, 0.25) is 0 Å². The standard InChI is InChI=1S/C16H20N2S/c1-13-10-18(11-14-7-8-19-12-14)16(9-17-13)15-5-3-2-4-6-15/h2-8,12-13,16-17H,9-11H2,1H3. The number of rotatable bonds is 3. The first-order chi connectivity index (χ1) is 9.33. The molecule has 1 aromatic carbocycles. The molecule has 0 spiro atoms. The van der Waals surface area contributed by atoms with Crippen LogP contribution >= 0.6 is 11.3 Å². The van der Waals surface area contributed by atoms with Gasteiger partial charge in [0.05, 0.1) is 0 Å². The van der Waals surface area contributed by atoms with E-state index in [4.69, 9.17) is 0 Å². The summed E-state index contributed by atoms with van der Waals surface area (Å²) >= 11 is 1.78. The average Bonchev–Trinajstić information content (AvgIpc) is 2.93. The predicted molar refractivity (Wildman–Crippen MR) is 81.4 cm³/mol. The molecule has 1 N–H and O–H groups in total. The summed E-state index contributed by atoms with van der Waals surface area (Å²) in [5, 5.41) is 8.02. The number of thiophene rings is 1. The summed E-state index contributed by atoms with van der Waals surface area (Å²) in [6.07, 6.45) is 0. The van der Waals surface area contributed by atoms with Crippen LogP contribution < -0.4 is 5.32 Å². The highest BCUT2D eigenvalue weighted by Gasteiger charge is 2.26. The summed E-state index contributed by atoms with van der Waals surface area (Å²) < 4.78 is 0. The highest BCUT2D eigenvalue weighted by Crippen LogP contribution is 2.25. The second-order valence-corrected chi connectivity index (χ2v) is 6.08. The molecule has 0 aliphatic carbocycles. The van der Waals surface area contributed by atoms with E-state index in [9.17, 15) is 0 Å². The van der Waals surface area contributed by atoms with Crippen molar-refractivity contribution in [1.82, 2.24) is 10.2 Å². The van der Waals surface area contributed by atoms with Crippen LogP contribution in [0.5, 0.6) is 0 Å². The van der Waals surface area contributed by atoms with E-state index in [1.807, 2.05) is 0 Å². The van der Waals surface area contributed by atoms with E-state index in [2.05, 4.69) is 64.3 Å².